The van der Waals surface area contributed by atoms with E-state index in [9.17, 15) is 0 Å². The van der Waals surface area contributed by atoms with Gasteiger partial charge in [0, 0.05) is 4.47 Å². The number of nitrogens with two attached hydrogens (primary N) is 1. The van der Waals surface area contributed by atoms with Gasteiger partial charge in [-0.05, 0) is 18.6 Å². The third-order valence-corrected chi connectivity index (χ3v) is 3.65. The highest BCUT2D eigenvalue weighted by molar-refractivity contribution is 9.10. The maximum atomic E-state index is 6.30. The van der Waals surface area contributed by atoms with Crippen molar-refractivity contribution in [1.29, 1.82) is 0 Å². The van der Waals surface area contributed by atoms with E-state index in [-0.39, 0.29) is 0 Å². The fraction of sp³-hybridized carbons (Fsp3) is 0.286. The lowest BCUT2D eigenvalue weighted by Crippen LogP contribution is -2.16. The molecular weight excluding hydrogens is 322 g/mol. The molecule has 0 fully saturated rings. The molecule has 0 saturated heterocycles. The van der Waals surface area contributed by atoms with Crippen molar-refractivity contribution >= 4 is 15.9 Å². The average molecular weight is 338 g/mol. The summed E-state index contributed by atoms with van der Waals surface area (Å²) in [4.78, 5) is 8.52. The van der Waals surface area contributed by atoms with Gasteiger partial charge in [0.05, 0.1) is 26.5 Å². The van der Waals surface area contributed by atoms with Crippen molar-refractivity contribution in [3.05, 3.63) is 45.7 Å². The second-order valence-electron chi connectivity index (χ2n) is 4.31. The van der Waals surface area contributed by atoms with Crippen molar-refractivity contribution < 1.29 is 9.47 Å². The zero-order valence-corrected chi connectivity index (χ0v) is 13.1. The second-order valence-corrected chi connectivity index (χ2v) is 5.16. The molecule has 0 aliphatic heterocycles. The lowest BCUT2D eigenvalue weighted by Gasteiger charge is -2.16. The van der Waals surface area contributed by atoms with Gasteiger partial charge < -0.3 is 15.2 Å². The average Bonchev–Trinajstić information content (AvgIpc) is 2.48. The minimum Gasteiger partial charge on any atom is -0.480 e. The van der Waals surface area contributed by atoms with Crippen LogP contribution >= 0.6 is 15.9 Å². The molecule has 5 nitrogen and oxygen atoms in total. The van der Waals surface area contributed by atoms with Crippen LogP contribution in [-0.4, -0.2) is 24.2 Å². The summed E-state index contributed by atoms with van der Waals surface area (Å²) in [6, 6.07) is 5.56. The zero-order valence-electron chi connectivity index (χ0n) is 11.6. The van der Waals surface area contributed by atoms with E-state index in [1.165, 1.54) is 20.4 Å². The SMILES string of the molecule is COc1cnc(C(N)c2cc(C)ccc2Br)c(OC)n1. The molecule has 106 valence electrons. The van der Waals surface area contributed by atoms with Crippen molar-refractivity contribution in [1.82, 2.24) is 9.97 Å². The normalized spacial score (nSPS) is 12.1. The van der Waals surface area contributed by atoms with Crippen molar-refractivity contribution in [3.63, 3.8) is 0 Å². The molecule has 0 aliphatic carbocycles. The second kappa shape index (κ2) is 6.19. The van der Waals surface area contributed by atoms with E-state index in [0.717, 1.165) is 15.6 Å². The highest BCUT2D eigenvalue weighted by Gasteiger charge is 2.20. The van der Waals surface area contributed by atoms with E-state index < -0.39 is 6.04 Å². The fourth-order valence-electron chi connectivity index (χ4n) is 1.88. The van der Waals surface area contributed by atoms with Crippen LogP contribution in [0.3, 0.4) is 0 Å². The highest BCUT2D eigenvalue weighted by Crippen LogP contribution is 2.31. The van der Waals surface area contributed by atoms with Gasteiger partial charge in [-0.25, -0.2) is 4.98 Å². The van der Waals surface area contributed by atoms with Gasteiger partial charge in [0.25, 0.3) is 0 Å². The molecule has 1 aromatic carbocycles. The van der Waals surface area contributed by atoms with E-state index in [0.29, 0.717) is 17.5 Å². The van der Waals surface area contributed by atoms with Gasteiger partial charge in [0.2, 0.25) is 11.8 Å². The Hall–Kier alpha value is -1.66. The first-order valence-corrected chi connectivity index (χ1v) is 6.82. The quantitative estimate of drug-likeness (QED) is 0.928. The Bertz CT molecular complexity index is 619. The molecule has 1 heterocycles. The van der Waals surface area contributed by atoms with Crippen LogP contribution in [0, 0.1) is 6.92 Å². The van der Waals surface area contributed by atoms with Gasteiger partial charge in [-0.15, -0.1) is 0 Å². The smallest absolute Gasteiger partial charge is 0.240 e. The predicted molar refractivity (Wildman–Crippen MR) is 80.0 cm³/mol. The molecule has 2 N–H and O–H groups in total. The number of benzene rings is 1. The highest BCUT2D eigenvalue weighted by atomic mass is 79.9. The number of methoxy groups -OCH3 is 2. The molecule has 0 spiro atoms. The number of halogens is 1. The predicted octanol–water partition coefficient (Wildman–Crippen LogP) is 2.61. The molecule has 0 bridgehead atoms. The molecular formula is C14H16BrN3O2. The maximum Gasteiger partial charge on any atom is 0.240 e. The maximum absolute atomic E-state index is 6.30. The van der Waals surface area contributed by atoms with Crippen LogP contribution in [0.4, 0.5) is 0 Å². The van der Waals surface area contributed by atoms with Crippen molar-refractivity contribution in [2.45, 2.75) is 13.0 Å². The summed E-state index contributed by atoms with van der Waals surface area (Å²) in [6.07, 6.45) is 1.53. The summed E-state index contributed by atoms with van der Waals surface area (Å²) < 4.78 is 11.2. The Morgan fingerprint density at radius 1 is 1.25 bits per heavy atom. The minimum absolute atomic E-state index is 0.366. The number of rotatable bonds is 4. The van der Waals surface area contributed by atoms with Crippen LogP contribution in [0.5, 0.6) is 11.8 Å². The molecule has 1 atom stereocenters. The van der Waals surface area contributed by atoms with Crippen LogP contribution in [0.2, 0.25) is 0 Å². The molecule has 0 aliphatic rings. The van der Waals surface area contributed by atoms with E-state index in [1.54, 1.807) is 0 Å². The standard InChI is InChI=1S/C14H16BrN3O2/c1-8-4-5-10(15)9(6-8)12(16)13-14(20-3)18-11(19-2)7-17-13/h4-7,12H,16H2,1-3H3. The summed E-state index contributed by atoms with van der Waals surface area (Å²) in [7, 11) is 3.06. The third-order valence-electron chi connectivity index (χ3n) is 2.93. The molecule has 20 heavy (non-hydrogen) atoms. The largest absolute Gasteiger partial charge is 0.480 e. The lowest BCUT2D eigenvalue weighted by molar-refractivity contribution is 0.355. The van der Waals surface area contributed by atoms with Gasteiger partial charge in [0.15, 0.2) is 0 Å². The summed E-state index contributed by atoms with van der Waals surface area (Å²) >= 11 is 3.51. The molecule has 0 radical (unpaired) electrons. The van der Waals surface area contributed by atoms with E-state index in [4.69, 9.17) is 15.2 Å². The molecule has 2 aromatic rings. The molecule has 2 rings (SSSR count). The van der Waals surface area contributed by atoms with Gasteiger partial charge in [0.1, 0.15) is 5.69 Å². The first-order chi connectivity index (χ1) is 9.56. The minimum atomic E-state index is -0.433. The number of aromatic nitrogens is 2. The van der Waals surface area contributed by atoms with Crippen LogP contribution in [0.25, 0.3) is 0 Å². The van der Waals surface area contributed by atoms with Crippen molar-refractivity contribution in [2.75, 3.05) is 14.2 Å². The Kier molecular flexibility index (Phi) is 4.57. The van der Waals surface area contributed by atoms with E-state index >= 15 is 0 Å². The molecule has 6 heteroatoms. The Labute approximate surface area is 126 Å². The Morgan fingerprint density at radius 2 is 2.00 bits per heavy atom. The fourth-order valence-corrected chi connectivity index (χ4v) is 2.37. The first kappa shape index (κ1) is 14.7. The number of aryl methyl sites for hydroxylation is 1. The number of hydrogen-bond acceptors (Lipinski definition) is 5. The molecule has 1 unspecified atom stereocenters. The summed E-state index contributed by atoms with van der Waals surface area (Å²) in [6.45, 7) is 2.01. The molecule has 0 saturated carbocycles. The molecule has 1 aromatic heterocycles. The Morgan fingerprint density at radius 3 is 2.65 bits per heavy atom. The number of ether oxygens (including phenoxy) is 2. The van der Waals surface area contributed by atoms with Crippen LogP contribution in [0.1, 0.15) is 22.9 Å². The van der Waals surface area contributed by atoms with Crippen LogP contribution in [0.15, 0.2) is 28.9 Å². The van der Waals surface area contributed by atoms with Gasteiger partial charge in [-0.2, -0.15) is 4.98 Å². The van der Waals surface area contributed by atoms with Crippen molar-refractivity contribution in [3.8, 4) is 11.8 Å². The summed E-state index contributed by atoms with van der Waals surface area (Å²) in [5.41, 5.74) is 8.93. The van der Waals surface area contributed by atoms with E-state index in [2.05, 4.69) is 25.9 Å². The third kappa shape index (κ3) is 2.91. The van der Waals surface area contributed by atoms with Gasteiger partial charge in [-0.1, -0.05) is 33.6 Å². The first-order valence-electron chi connectivity index (χ1n) is 6.03. The zero-order chi connectivity index (χ0) is 14.7. The van der Waals surface area contributed by atoms with E-state index in [1.807, 2.05) is 25.1 Å². The molecule has 0 amide bonds. The monoisotopic (exact) mass is 337 g/mol. The summed E-state index contributed by atoms with van der Waals surface area (Å²) in [5.74, 6) is 0.756. The van der Waals surface area contributed by atoms with Crippen LogP contribution in [-0.2, 0) is 0 Å². The van der Waals surface area contributed by atoms with Crippen LogP contribution < -0.4 is 15.2 Å². The van der Waals surface area contributed by atoms with Gasteiger partial charge >= 0.3 is 0 Å². The number of hydrogen-bond donors (Lipinski definition) is 1. The Balaban J connectivity index is 2.47. The summed E-state index contributed by atoms with van der Waals surface area (Å²) in [5, 5.41) is 0. The van der Waals surface area contributed by atoms with Crippen molar-refractivity contribution in [2.24, 2.45) is 5.73 Å². The topological polar surface area (TPSA) is 70.3 Å². The van der Waals surface area contributed by atoms with Gasteiger partial charge in [-0.3, -0.25) is 0 Å². The number of nitrogens with zero attached hydrogens (tertiary/aromatic N) is 2. The lowest BCUT2D eigenvalue weighted by atomic mass is 10.0.